The Labute approximate surface area is 86.1 Å². The maximum absolute atomic E-state index is 13.5. The molecule has 15 heavy (non-hydrogen) atoms. The average Bonchev–Trinajstić information content (AvgIpc) is 2.72. The van der Waals surface area contributed by atoms with Crippen LogP contribution in [0, 0.1) is 0 Å². The minimum Gasteiger partial charge on any atom is -0.313 e. The van der Waals surface area contributed by atoms with Crippen molar-refractivity contribution in [3.8, 4) is 0 Å². The molecule has 1 aliphatic heterocycles. The van der Waals surface area contributed by atoms with E-state index in [4.69, 9.17) is 11.6 Å². The second-order valence-electron chi connectivity index (χ2n) is 3.20. The normalized spacial score (nSPS) is 39.0. The molecule has 2 aliphatic rings. The lowest BCUT2D eigenvalue weighted by Crippen LogP contribution is -2.28. The molecule has 0 aromatic rings. The highest BCUT2D eigenvalue weighted by Crippen LogP contribution is 2.59. The van der Waals surface area contributed by atoms with Gasteiger partial charge in [-0.15, -0.1) is 0 Å². The van der Waals surface area contributed by atoms with E-state index >= 15 is 0 Å². The number of allylic oxidation sites excluding steroid dienone is 2. The Balaban J connectivity index is 2.48. The van der Waals surface area contributed by atoms with Crippen molar-refractivity contribution < 1.29 is 27.1 Å². The van der Waals surface area contributed by atoms with Gasteiger partial charge in [0.15, 0.2) is 6.29 Å². The van der Waals surface area contributed by atoms with Crippen LogP contribution >= 0.6 is 11.6 Å². The molecule has 0 aromatic heterocycles. The fraction of sp³-hybridized carbons (Fsp3) is 0.375. The number of fused-ring (bicyclic) bond motifs is 1. The Hall–Kier alpha value is -0.880. The Morgan fingerprint density at radius 2 is 2.07 bits per heavy atom. The lowest BCUT2D eigenvalue weighted by Gasteiger charge is -2.15. The number of rotatable bonds is 1. The lowest BCUT2D eigenvalue weighted by molar-refractivity contribution is -0.111. The van der Waals surface area contributed by atoms with E-state index in [9.17, 15) is 22.4 Å². The van der Waals surface area contributed by atoms with Gasteiger partial charge < -0.3 is 4.74 Å². The molecule has 1 aliphatic carbocycles. The molecule has 82 valence electrons. The van der Waals surface area contributed by atoms with Gasteiger partial charge in [0.2, 0.25) is 5.60 Å². The van der Waals surface area contributed by atoms with Crippen LogP contribution in [0.5, 0.6) is 0 Å². The van der Waals surface area contributed by atoms with Crippen LogP contribution in [0.3, 0.4) is 0 Å². The second kappa shape index (κ2) is 2.62. The SMILES string of the molecule is O=CC12C=C(C(F)(F)F)C=C(Cl)C1(F)O2. The molecule has 1 saturated heterocycles. The number of carbonyl (C=O) groups excluding carboxylic acids is 1. The quantitative estimate of drug-likeness (QED) is 0.401. The Kier molecular flexibility index (Phi) is 1.86. The number of carbonyl (C=O) groups is 1. The first-order chi connectivity index (χ1) is 6.75. The third kappa shape index (κ3) is 1.24. The van der Waals surface area contributed by atoms with Gasteiger partial charge >= 0.3 is 6.18 Å². The van der Waals surface area contributed by atoms with Crippen molar-refractivity contribution in [1.82, 2.24) is 0 Å². The van der Waals surface area contributed by atoms with Crippen LogP contribution in [-0.2, 0) is 9.53 Å². The number of hydrogen-bond donors (Lipinski definition) is 0. The summed E-state index contributed by atoms with van der Waals surface area (Å²) in [6.45, 7) is 0. The molecular weight excluding hydrogens is 240 g/mol. The first-order valence-electron chi connectivity index (χ1n) is 3.78. The van der Waals surface area contributed by atoms with Crippen LogP contribution in [-0.4, -0.2) is 23.9 Å². The Morgan fingerprint density at radius 1 is 1.47 bits per heavy atom. The molecule has 0 radical (unpaired) electrons. The van der Waals surface area contributed by atoms with E-state index in [1.54, 1.807) is 0 Å². The molecule has 0 aromatic carbocycles. The van der Waals surface area contributed by atoms with Crippen molar-refractivity contribution in [2.24, 2.45) is 0 Å². The van der Waals surface area contributed by atoms with E-state index in [1.807, 2.05) is 0 Å². The standard InChI is InChI=1S/C8H3ClF4O2/c9-5-1-4(8(11,12)13)2-6(3-14)7(5,10)15-6/h1-3H. The average molecular weight is 243 g/mol. The number of alkyl halides is 4. The van der Waals surface area contributed by atoms with E-state index in [0.29, 0.717) is 12.2 Å². The summed E-state index contributed by atoms with van der Waals surface area (Å²) in [6, 6.07) is 0. The minimum absolute atomic E-state index is 0.0336. The predicted molar refractivity (Wildman–Crippen MR) is 41.8 cm³/mol. The number of ether oxygens (including phenoxy) is 1. The highest BCUT2D eigenvalue weighted by atomic mass is 35.5. The molecule has 2 atom stereocenters. The predicted octanol–water partition coefficient (Wildman–Crippen LogP) is 2.25. The van der Waals surface area contributed by atoms with E-state index < -0.39 is 28.2 Å². The fourth-order valence-corrected chi connectivity index (χ4v) is 1.67. The fourth-order valence-electron chi connectivity index (χ4n) is 1.36. The van der Waals surface area contributed by atoms with Crippen LogP contribution in [0.2, 0.25) is 0 Å². The summed E-state index contributed by atoms with van der Waals surface area (Å²) in [4.78, 5) is 10.5. The highest BCUT2D eigenvalue weighted by molar-refractivity contribution is 6.31. The Bertz CT molecular complexity index is 400. The number of epoxide rings is 1. The summed E-state index contributed by atoms with van der Waals surface area (Å²) in [5, 5.41) is -0.774. The molecule has 0 amide bonds. The molecule has 0 N–H and O–H groups in total. The van der Waals surface area contributed by atoms with Crippen molar-refractivity contribution in [3.63, 3.8) is 0 Å². The smallest absolute Gasteiger partial charge is 0.313 e. The van der Waals surface area contributed by atoms with E-state index in [0.717, 1.165) is 0 Å². The number of hydrogen-bond acceptors (Lipinski definition) is 2. The zero-order chi connectivity index (χ0) is 11.5. The third-order valence-electron chi connectivity index (χ3n) is 2.23. The molecule has 0 spiro atoms. The monoisotopic (exact) mass is 242 g/mol. The van der Waals surface area contributed by atoms with Gasteiger partial charge in [0, 0.05) is 0 Å². The van der Waals surface area contributed by atoms with E-state index in [2.05, 4.69) is 4.74 Å². The molecule has 1 fully saturated rings. The summed E-state index contributed by atoms with van der Waals surface area (Å²) in [5.74, 6) is -2.62. The van der Waals surface area contributed by atoms with Crippen molar-refractivity contribution in [2.75, 3.05) is 0 Å². The van der Waals surface area contributed by atoms with Crippen molar-refractivity contribution in [3.05, 3.63) is 22.8 Å². The van der Waals surface area contributed by atoms with Crippen LogP contribution < -0.4 is 0 Å². The molecule has 7 heteroatoms. The summed E-state index contributed by atoms with van der Waals surface area (Å²) in [7, 11) is 0. The van der Waals surface area contributed by atoms with Crippen LogP contribution in [0.4, 0.5) is 17.6 Å². The Morgan fingerprint density at radius 3 is 2.53 bits per heavy atom. The van der Waals surface area contributed by atoms with Crippen LogP contribution in [0.25, 0.3) is 0 Å². The van der Waals surface area contributed by atoms with Gasteiger partial charge in [0.25, 0.3) is 5.85 Å². The minimum atomic E-state index is -4.69. The van der Waals surface area contributed by atoms with Crippen molar-refractivity contribution in [1.29, 1.82) is 0 Å². The number of halogens is 5. The van der Waals surface area contributed by atoms with Gasteiger partial charge in [-0.25, -0.2) is 4.39 Å². The topological polar surface area (TPSA) is 29.6 Å². The van der Waals surface area contributed by atoms with Gasteiger partial charge in [-0.1, -0.05) is 11.6 Å². The van der Waals surface area contributed by atoms with Gasteiger partial charge in [0.05, 0.1) is 10.6 Å². The van der Waals surface area contributed by atoms with Crippen LogP contribution in [0.1, 0.15) is 0 Å². The zero-order valence-corrected chi connectivity index (χ0v) is 7.69. The first-order valence-corrected chi connectivity index (χ1v) is 4.16. The van der Waals surface area contributed by atoms with Gasteiger partial charge in [0.1, 0.15) is 0 Å². The van der Waals surface area contributed by atoms with Gasteiger partial charge in [-0.3, -0.25) is 4.79 Å². The summed E-state index contributed by atoms with van der Waals surface area (Å²) < 4.78 is 54.6. The van der Waals surface area contributed by atoms with Crippen molar-refractivity contribution in [2.45, 2.75) is 17.6 Å². The molecule has 1 heterocycles. The maximum Gasteiger partial charge on any atom is 0.416 e. The maximum atomic E-state index is 13.5. The summed E-state index contributed by atoms with van der Waals surface area (Å²) in [6.07, 6.45) is -3.92. The van der Waals surface area contributed by atoms with Gasteiger partial charge in [-0.2, -0.15) is 13.2 Å². The van der Waals surface area contributed by atoms with Gasteiger partial charge in [-0.05, 0) is 12.2 Å². The van der Waals surface area contributed by atoms with Crippen molar-refractivity contribution >= 4 is 17.9 Å². The molecular formula is C8H3ClF4O2. The molecule has 2 nitrogen and oxygen atoms in total. The summed E-state index contributed by atoms with van der Waals surface area (Å²) >= 11 is 5.28. The second-order valence-corrected chi connectivity index (χ2v) is 3.61. The zero-order valence-electron chi connectivity index (χ0n) is 6.94. The lowest BCUT2D eigenvalue weighted by atomic mass is 9.95. The summed E-state index contributed by atoms with van der Waals surface area (Å²) in [5.41, 5.74) is -3.39. The number of aldehydes is 1. The van der Waals surface area contributed by atoms with E-state index in [-0.39, 0.29) is 6.29 Å². The molecule has 0 saturated carbocycles. The van der Waals surface area contributed by atoms with Crippen LogP contribution in [0.15, 0.2) is 22.8 Å². The largest absolute Gasteiger partial charge is 0.416 e. The van der Waals surface area contributed by atoms with E-state index in [1.165, 1.54) is 0 Å². The first kappa shape index (κ1) is 10.6. The molecule has 0 bridgehead atoms. The molecule has 2 unspecified atom stereocenters. The highest BCUT2D eigenvalue weighted by Gasteiger charge is 2.75. The molecule has 2 rings (SSSR count). The third-order valence-corrected chi connectivity index (χ3v) is 2.58.